The van der Waals surface area contributed by atoms with E-state index in [9.17, 15) is 5.11 Å². The molecule has 0 aromatic heterocycles. The second-order valence-electron chi connectivity index (χ2n) is 3.31. The molecule has 1 aliphatic rings. The Morgan fingerprint density at radius 3 is 2.60 bits per heavy atom. The Morgan fingerprint density at radius 1 is 1.50 bits per heavy atom. The Balaban J connectivity index is 2.40. The molecule has 1 N–H and O–H groups in total. The first-order valence-electron chi connectivity index (χ1n) is 4.01. The number of hydrogen-bond donors (Lipinski definition) is 1. The molecular weight excluding hydrogens is 128 g/mol. The Kier molecular flexibility index (Phi) is 2.69. The van der Waals surface area contributed by atoms with Gasteiger partial charge in [-0.05, 0) is 18.8 Å². The molecule has 0 aliphatic carbocycles. The molecule has 2 heteroatoms. The summed E-state index contributed by atoms with van der Waals surface area (Å²) in [5.41, 5.74) is 0. The van der Waals surface area contributed by atoms with Gasteiger partial charge in [0.25, 0.3) is 0 Å². The first-order chi connectivity index (χ1) is 4.72. The fourth-order valence-electron chi connectivity index (χ4n) is 1.45. The van der Waals surface area contributed by atoms with Gasteiger partial charge in [-0.2, -0.15) is 0 Å². The molecule has 2 atom stereocenters. The molecule has 1 aliphatic heterocycles. The maximum atomic E-state index is 9.32. The van der Waals surface area contributed by atoms with E-state index in [1.54, 1.807) is 0 Å². The molecule has 0 radical (unpaired) electrons. The van der Waals surface area contributed by atoms with Gasteiger partial charge in [0.15, 0.2) is 6.29 Å². The normalized spacial score (nSPS) is 34.8. The van der Waals surface area contributed by atoms with E-state index in [0.29, 0.717) is 11.8 Å². The summed E-state index contributed by atoms with van der Waals surface area (Å²) in [6.07, 6.45) is 1.70. The minimum atomic E-state index is -0.506. The van der Waals surface area contributed by atoms with Crippen LogP contribution in [-0.2, 0) is 4.74 Å². The smallest absolute Gasteiger partial charge is 0.157 e. The zero-order chi connectivity index (χ0) is 7.56. The highest BCUT2D eigenvalue weighted by molar-refractivity contribution is 4.69. The van der Waals surface area contributed by atoms with Gasteiger partial charge in [0, 0.05) is 12.5 Å². The van der Waals surface area contributed by atoms with E-state index in [-0.39, 0.29) is 0 Å². The van der Waals surface area contributed by atoms with Crippen LogP contribution in [0.5, 0.6) is 0 Å². The highest BCUT2D eigenvalue weighted by Crippen LogP contribution is 2.25. The van der Waals surface area contributed by atoms with E-state index in [2.05, 4.69) is 13.8 Å². The van der Waals surface area contributed by atoms with Gasteiger partial charge in [-0.3, -0.25) is 0 Å². The largest absolute Gasteiger partial charge is 0.368 e. The van der Waals surface area contributed by atoms with Crippen molar-refractivity contribution in [2.45, 2.75) is 33.0 Å². The summed E-state index contributed by atoms with van der Waals surface area (Å²) in [7, 11) is 0. The Labute approximate surface area is 62.2 Å². The molecule has 10 heavy (non-hydrogen) atoms. The van der Waals surface area contributed by atoms with Gasteiger partial charge >= 0.3 is 0 Å². The van der Waals surface area contributed by atoms with Crippen molar-refractivity contribution in [1.82, 2.24) is 0 Å². The molecule has 2 nitrogen and oxygen atoms in total. The predicted molar refractivity (Wildman–Crippen MR) is 39.5 cm³/mol. The van der Waals surface area contributed by atoms with Crippen LogP contribution in [0.1, 0.15) is 26.7 Å². The summed E-state index contributed by atoms with van der Waals surface area (Å²) >= 11 is 0. The van der Waals surface area contributed by atoms with Crippen LogP contribution in [0.25, 0.3) is 0 Å². The predicted octanol–water partition coefficient (Wildman–Crippen LogP) is 1.39. The third kappa shape index (κ3) is 1.70. The molecule has 1 rings (SSSR count). The summed E-state index contributed by atoms with van der Waals surface area (Å²) in [6.45, 7) is 4.98. The summed E-state index contributed by atoms with van der Waals surface area (Å²) in [5, 5.41) is 9.32. The maximum absolute atomic E-state index is 9.32. The van der Waals surface area contributed by atoms with Crippen molar-refractivity contribution in [1.29, 1.82) is 0 Å². The van der Waals surface area contributed by atoms with Crippen molar-refractivity contribution in [3.63, 3.8) is 0 Å². The van der Waals surface area contributed by atoms with E-state index in [1.807, 2.05) is 0 Å². The van der Waals surface area contributed by atoms with Crippen LogP contribution < -0.4 is 0 Å². The first-order valence-corrected chi connectivity index (χ1v) is 4.01. The molecule has 0 amide bonds. The molecule has 0 saturated carbocycles. The van der Waals surface area contributed by atoms with Gasteiger partial charge in [-0.15, -0.1) is 0 Å². The molecule has 0 aromatic rings. The van der Waals surface area contributed by atoms with Crippen LogP contribution in [-0.4, -0.2) is 18.0 Å². The fraction of sp³-hybridized carbons (Fsp3) is 1.00. The van der Waals surface area contributed by atoms with Crippen molar-refractivity contribution in [2.75, 3.05) is 6.61 Å². The number of hydrogen-bond acceptors (Lipinski definition) is 2. The molecule has 60 valence electrons. The molecule has 0 spiro atoms. The lowest BCUT2D eigenvalue weighted by Crippen LogP contribution is -2.32. The van der Waals surface area contributed by atoms with Crippen LogP contribution in [0, 0.1) is 11.8 Å². The number of aliphatic hydroxyl groups excluding tert-OH is 1. The van der Waals surface area contributed by atoms with Crippen LogP contribution in [0.3, 0.4) is 0 Å². The van der Waals surface area contributed by atoms with E-state index in [1.165, 1.54) is 0 Å². The second kappa shape index (κ2) is 3.35. The van der Waals surface area contributed by atoms with Gasteiger partial charge < -0.3 is 9.84 Å². The highest BCUT2D eigenvalue weighted by atomic mass is 16.6. The van der Waals surface area contributed by atoms with E-state index in [4.69, 9.17) is 4.74 Å². The van der Waals surface area contributed by atoms with Crippen LogP contribution >= 0.6 is 0 Å². The lowest BCUT2D eigenvalue weighted by Gasteiger charge is -2.30. The molecule has 1 fully saturated rings. The summed E-state index contributed by atoms with van der Waals surface area (Å²) in [6, 6.07) is 0. The molecule has 2 unspecified atom stereocenters. The van der Waals surface area contributed by atoms with Crippen LogP contribution in [0.4, 0.5) is 0 Å². The number of ether oxygens (including phenoxy) is 1. The monoisotopic (exact) mass is 144 g/mol. The number of aliphatic hydroxyl groups is 1. The van der Waals surface area contributed by atoms with Crippen LogP contribution in [0.15, 0.2) is 0 Å². The Morgan fingerprint density at radius 2 is 2.20 bits per heavy atom. The minimum absolute atomic E-state index is 0.355. The van der Waals surface area contributed by atoms with E-state index < -0.39 is 6.29 Å². The topological polar surface area (TPSA) is 29.5 Å². The Hall–Kier alpha value is -0.0800. The van der Waals surface area contributed by atoms with E-state index >= 15 is 0 Å². The van der Waals surface area contributed by atoms with Gasteiger partial charge in [-0.1, -0.05) is 13.8 Å². The zero-order valence-corrected chi connectivity index (χ0v) is 6.71. The van der Waals surface area contributed by atoms with Gasteiger partial charge in [0.2, 0.25) is 0 Å². The van der Waals surface area contributed by atoms with Crippen LogP contribution in [0.2, 0.25) is 0 Å². The summed E-state index contributed by atoms with van der Waals surface area (Å²) in [5.74, 6) is 0.893. The van der Waals surface area contributed by atoms with Crippen molar-refractivity contribution in [3.8, 4) is 0 Å². The lowest BCUT2D eigenvalue weighted by atomic mass is 9.89. The third-order valence-corrected chi connectivity index (χ3v) is 2.19. The third-order valence-electron chi connectivity index (χ3n) is 2.19. The maximum Gasteiger partial charge on any atom is 0.157 e. The lowest BCUT2D eigenvalue weighted by molar-refractivity contribution is -0.168. The Bertz CT molecular complexity index is 101. The average Bonchev–Trinajstić information content (AvgIpc) is 1.88. The van der Waals surface area contributed by atoms with Crippen molar-refractivity contribution in [2.24, 2.45) is 11.8 Å². The molecule has 0 aromatic carbocycles. The standard InChI is InChI=1S/C8H16O2/c1-6(2)7-4-3-5-10-8(7)9/h6-9H,3-5H2,1-2H3. The van der Waals surface area contributed by atoms with Gasteiger partial charge in [0.1, 0.15) is 0 Å². The molecule has 0 bridgehead atoms. The SMILES string of the molecule is CC(C)C1CCCOC1O. The van der Waals surface area contributed by atoms with Gasteiger partial charge in [-0.25, -0.2) is 0 Å². The number of rotatable bonds is 1. The quantitative estimate of drug-likeness (QED) is 0.602. The van der Waals surface area contributed by atoms with Crippen molar-refractivity contribution in [3.05, 3.63) is 0 Å². The molecule has 1 saturated heterocycles. The zero-order valence-electron chi connectivity index (χ0n) is 6.71. The second-order valence-corrected chi connectivity index (χ2v) is 3.31. The summed E-state index contributed by atoms with van der Waals surface area (Å²) < 4.78 is 5.11. The average molecular weight is 144 g/mol. The molecule has 1 heterocycles. The minimum Gasteiger partial charge on any atom is -0.368 e. The summed E-state index contributed by atoms with van der Waals surface area (Å²) in [4.78, 5) is 0. The van der Waals surface area contributed by atoms with E-state index in [0.717, 1.165) is 19.4 Å². The van der Waals surface area contributed by atoms with Crippen molar-refractivity contribution >= 4 is 0 Å². The van der Waals surface area contributed by atoms with Crippen molar-refractivity contribution < 1.29 is 9.84 Å². The fourth-order valence-corrected chi connectivity index (χ4v) is 1.45. The van der Waals surface area contributed by atoms with Gasteiger partial charge in [0.05, 0.1) is 0 Å². The first kappa shape index (κ1) is 8.02. The highest BCUT2D eigenvalue weighted by Gasteiger charge is 2.25. The molecular formula is C8H16O2.